The summed E-state index contributed by atoms with van der Waals surface area (Å²) >= 11 is 0.911. The molecule has 1 aliphatic heterocycles. The number of amides is 3. The van der Waals surface area contributed by atoms with E-state index in [9.17, 15) is 14.4 Å². The summed E-state index contributed by atoms with van der Waals surface area (Å²) in [5.74, 6) is -0.114. The van der Waals surface area contributed by atoms with Crippen molar-refractivity contribution in [2.45, 2.75) is 32.6 Å². The van der Waals surface area contributed by atoms with Crippen molar-refractivity contribution in [3.8, 4) is 0 Å². The van der Waals surface area contributed by atoms with E-state index < -0.39 is 0 Å². The second-order valence-electron chi connectivity index (χ2n) is 7.08. The van der Waals surface area contributed by atoms with Gasteiger partial charge in [0.25, 0.3) is 11.1 Å². The van der Waals surface area contributed by atoms with Gasteiger partial charge >= 0.3 is 0 Å². The van der Waals surface area contributed by atoms with Gasteiger partial charge in [-0.3, -0.25) is 19.3 Å². The van der Waals surface area contributed by atoms with Crippen LogP contribution in [0.1, 0.15) is 43.0 Å². The van der Waals surface area contributed by atoms with Gasteiger partial charge in [-0.15, -0.1) is 0 Å². The van der Waals surface area contributed by atoms with E-state index in [2.05, 4.69) is 29.1 Å². The third-order valence-corrected chi connectivity index (χ3v) is 5.52. The van der Waals surface area contributed by atoms with Gasteiger partial charge in [-0.1, -0.05) is 38.1 Å². The standard InChI is InChI=1S/C21H24N4O3S/c1-14(2)16-5-3-15(4-6-16)11-18-20(27)25(21(28)29-18)10-8-19(26)23-9-7-17-12-22-13-24-17/h3-6,11-14H,7-10H2,1-2H3,(H,22,24)(H,23,26). The van der Waals surface area contributed by atoms with Crippen molar-refractivity contribution in [2.24, 2.45) is 0 Å². The number of benzene rings is 1. The highest BCUT2D eigenvalue weighted by Crippen LogP contribution is 2.32. The molecule has 1 saturated heterocycles. The minimum absolute atomic E-state index is 0.0736. The van der Waals surface area contributed by atoms with Crippen LogP contribution in [-0.2, 0) is 16.0 Å². The molecule has 0 bridgehead atoms. The molecular weight excluding hydrogens is 388 g/mol. The van der Waals surface area contributed by atoms with Crippen molar-refractivity contribution in [3.63, 3.8) is 0 Å². The van der Waals surface area contributed by atoms with Crippen LogP contribution in [0.15, 0.2) is 41.7 Å². The highest BCUT2D eigenvalue weighted by molar-refractivity contribution is 8.18. The van der Waals surface area contributed by atoms with Crippen LogP contribution in [0.25, 0.3) is 6.08 Å². The maximum absolute atomic E-state index is 12.6. The number of imide groups is 1. The van der Waals surface area contributed by atoms with Gasteiger partial charge in [-0.25, -0.2) is 4.98 Å². The Morgan fingerprint density at radius 1 is 1.28 bits per heavy atom. The number of imidazole rings is 1. The fourth-order valence-corrected chi connectivity index (χ4v) is 3.75. The van der Waals surface area contributed by atoms with Gasteiger partial charge in [-0.2, -0.15) is 0 Å². The molecule has 3 rings (SSSR count). The third kappa shape index (κ3) is 5.57. The summed E-state index contributed by atoms with van der Waals surface area (Å²) < 4.78 is 0. The number of aromatic nitrogens is 2. The molecule has 7 nitrogen and oxygen atoms in total. The van der Waals surface area contributed by atoms with Gasteiger partial charge in [0.2, 0.25) is 5.91 Å². The summed E-state index contributed by atoms with van der Waals surface area (Å²) in [6, 6.07) is 7.93. The number of nitrogens with one attached hydrogen (secondary N) is 2. The Kier molecular flexibility index (Phi) is 6.87. The van der Waals surface area contributed by atoms with Gasteiger partial charge in [0.15, 0.2) is 0 Å². The minimum atomic E-state index is -0.349. The fraction of sp³-hybridized carbons (Fsp3) is 0.333. The molecule has 29 heavy (non-hydrogen) atoms. The van der Waals surface area contributed by atoms with Crippen molar-refractivity contribution in [1.82, 2.24) is 20.2 Å². The molecule has 8 heteroatoms. The number of carbonyl (C=O) groups is 3. The molecule has 2 aromatic rings. The first kappa shape index (κ1) is 20.9. The van der Waals surface area contributed by atoms with Crippen molar-refractivity contribution in [3.05, 3.63) is 58.5 Å². The zero-order valence-electron chi connectivity index (χ0n) is 16.5. The van der Waals surface area contributed by atoms with E-state index in [0.717, 1.165) is 27.9 Å². The molecule has 1 fully saturated rings. The molecule has 0 radical (unpaired) electrons. The van der Waals surface area contributed by atoms with E-state index in [0.29, 0.717) is 23.8 Å². The SMILES string of the molecule is CC(C)c1ccc(C=C2SC(=O)N(CCC(=O)NCCc3cnc[nH]3)C2=O)cc1. The molecule has 0 atom stereocenters. The van der Waals surface area contributed by atoms with Gasteiger partial charge in [0.1, 0.15) is 0 Å². The van der Waals surface area contributed by atoms with Crippen LogP contribution in [-0.4, -0.2) is 45.0 Å². The molecular formula is C21H24N4O3S. The average Bonchev–Trinajstić information content (AvgIpc) is 3.29. The lowest BCUT2D eigenvalue weighted by Gasteiger charge is -2.12. The Morgan fingerprint density at radius 3 is 2.69 bits per heavy atom. The van der Waals surface area contributed by atoms with Crippen molar-refractivity contribution >= 4 is 34.9 Å². The molecule has 0 aliphatic carbocycles. The number of aromatic amines is 1. The summed E-state index contributed by atoms with van der Waals surface area (Å²) in [6.07, 6.45) is 5.74. The number of H-pyrrole nitrogens is 1. The minimum Gasteiger partial charge on any atom is -0.356 e. The number of thioether (sulfide) groups is 1. The predicted molar refractivity (Wildman–Crippen MR) is 113 cm³/mol. The highest BCUT2D eigenvalue weighted by atomic mass is 32.2. The Balaban J connectivity index is 1.51. The van der Waals surface area contributed by atoms with E-state index in [1.165, 1.54) is 5.56 Å². The van der Waals surface area contributed by atoms with Gasteiger partial charge in [-0.05, 0) is 34.9 Å². The maximum Gasteiger partial charge on any atom is 0.293 e. The first-order chi connectivity index (χ1) is 13.9. The first-order valence-corrected chi connectivity index (χ1v) is 10.3. The van der Waals surface area contributed by atoms with E-state index in [1.807, 2.05) is 24.3 Å². The van der Waals surface area contributed by atoms with Crippen LogP contribution < -0.4 is 5.32 Å². The third-order valence-electron chi connectivity index (χ3n) is 4.61. The first-order valence-electron chi connectivity index (χ1n) is 9.53. The van der Waals surface area contributed by atoms with Gasteiger partial charge < -0.3 is 10.3 Å². The zero-order valence-corrected chi connectivity index (χ0v) is 17.3. The van der Waals surface area contributed by atoms with Crippen LogP contribution in [0.2, 0.25) is 0 Å². The molecule has 152 valence electrons. The zero-order chi connectivity index (χ0) is 20.8. The van der Waals surface area contributed by atoms with Crippen molar-refractivity contribution in [1.29, 1.82) is 0 Å². The molecule has 0 spiro atoms. The topological polar surface area (TPSA) is 95.2 Å². The Hall–Kier alpha value is -2.87. The lowest BCUT2D eigenvalue weighted by Crippen LogP contribution is -2.34. The van der Waals surface area contributed by atoms with Crippen LogP contribution in [0.5, 0.6) is 0 Å². The second-order valence-corrected chi connectivity index (χ2v) is 8.07. The summed E-state index contributed by atoms with van der Waals surface area (Å²) in [7, 11) is 0. The average molecular weight is 413 g/mol. The second kappa shape index (κ2) is 9.56. The Morgan fingerprint density at radius 2 is 2.03 bits per heavy atom. The van der Waals surface area contributed by atoms with E-state index in [4.69, 9.17) is 0 Å². The van der Waals surface area contributed by atoms with Crippen LogP contribution in [0, 0.1) is 0 Å². The van der Waals surface area contributed by atoms with Crippen LogP contribution in [0.4, 0.5) is 4.79 Å². The Bertz CT molecular complexity index is 905. The van der Waals surface area contributed by atoms with E-state index >= 15 is 0 Å². The van der Waals surface area contributed by atoms with Crippen LogP contribution in [0.3, 0.4) is 0 Å². The number of nitrogens with zero attached hydrogens (tertiary/aromatic N) is 2. The van der Waals surface area contributed by atoms with E-state index in [1.54, 1.807) is 18.6 Å². The monoisotopic (exact) mass is 412 g/mol. The smallest absolute Gasteiger partial charge is 0.293 e. The largest absolute Gasteiger partial charge is 0.356 e. The lowest BCUT2D eigenvalue weighted by atomic mass is 10.0. The lowest BCUT2D eigenvalue weighted by molar-refractivity contribution is -0.124. The molecule has 1 aromatic heterocycles. The highest BCUT2D eigenvalue weighted by Gasteiger charge is 2.34. The van der Waals surface area contributed by atoms with Crippen LogP contribution >= 0.6 is 11.8 Å². The predicted octanol–water partition coefficient (Wildman–Crippen LogP) is 3.32. The summed E-state index contributed by atoms with van der Waals surface area (Å²) in [6.45, 7) is 4.78. The number of hydrogen-bond acceptors (Lipinski definition) is 5. The summed E-state index contributed by atoms with van der Waals surface area (Å²) in [5, 5.41) is 2.44. The maximum atomic E-state index is 12.6. The quantitative estimate of drug-likeness (QED) is 0.649. The molecule has 3 amide bonds. The molecule has 1 aromatic carbocycles. The van der Waals surface area contributed by atoms with Gasteiger partial charge in [0, 0.05) is 37.8 Å². The number of rotatable bonds is 8. The summed E-state index contributed by atoms with van der Waals surface area (Å²) in [4.78, 5) is 45.1. The number of carbonyl (C=O) groups excluding carboxylic acids is 3. The number of hydrogen-bond donors (Lipinski definition) is 2. The van der Waals surface area contributed by atoms with Gasteiger partial charge in [0.05, 0.1) is 11.2 Å². The normalized spacial score (nSPS) is 15.6. The molecule has 1 aliphatic rings. The Labute approximate surface area is 174 Å². The molecule has 2 heterocycles. The molecule has 0 unspecified atom stereocenters. The molecule has 0 saturated carbocycles. The molecule has 2 N–H and O–H groups in total. The summed E-state index contributed by atoms with van der Waals surface area (Å²) in [5.41, 5.74) is 3.02. The fourth-order valence-electron chi connectivity index (χ4n) is 2.88. The van der Waals surface area contributed by atoms with E-state index in [-0.39, 0.29) is 30.0 Å². The van der Waals surface area contributed by atoms with Crippen molar-refractivity contribution in [2.75, 3.05) is 13.1 Å². The van der Waals surface area contributed by atoms with Crippen molar-refractivity contribution < 1.29 is 14.4 Å².